The molecule has 1 aliphatic heterocycles. The average Bonchev–Trinajstić information content (AvgIpc) is 2.79. The molecule has 0 unspecified atom stereocenters. The lowest BCUT2D eigenvalue weighted by Gasteiger charge is -2.21. The molecule has 19 heavy (non-hydrogen) atoms. The van der Waals surface area contributed by atoms with Crippen molar-refractivity contribution in [1.82, 2.24) is 15.0 Å². The molecule has 0 atom stereocenters. The first-order chi connectivity index (χ1) is 8.98. The lowest BCUT2D eigenvalue weighted by molar-refractivity contribution is 0.117. The van der Waals surface area contributed by atoms with Gasteiger partial charge in [-0.25, -0.2) is 0 Å². The summed E-state index contributed by atoms with van der Waals surface area (Å²) in [6.45, 7) is 10.8. The van der Waals surface area contributed by atoms with Gasteiger partial charge in [0.15, 0.2) is 0 Å². The number of rotatable bonds is 4. The van der Waals surface area contributed by atoms with Crippen LogP contribution >= 0.6 is 0 Å². The Labute approximate surface area is 114 Å². The molecular weight excluding hydrogens is 242 g/mol. The van der Waals surface area contributed by atoms with Crippen molar-refractivity contribution in [2.24, 2.45) is 0 Å². The Kier molecular flexibility index (Phi) is 4.07. The van der Waals surface area contributed by atoms with E-state index in [1.807, 2.05) is 27.7 Å². The predicted molar refractivity (Wildman–Crippen MR) is 75.8 cm³/mol. The van der Waals surface area contributed by atoms with Crippen molar-refractivity contribution >= 4 is 11.9 Å². The minimum atomic E-state index is -0.312. The van der Waals surface area contributed by atoms with E-state index in [0.29, 0.717) is 17.9 Å². The topological polar surface area (TPSA) is 63.2 Å². The molecule has 6 heteroatoms. The molecule has 1 aliphatic rings. The summed E-state index contributed by atoms with van der Waals surface area (Å²) < 4.78 is 5.76. The molecule has 0 saturated carbocycles. The Morgan fingerprint density at radius 3 is 2.42 bits per heavy atom. The zero-order chi connectivity index (χ0) is 13.9. The number of anilines is 2. The Bertz CT molecular complexity index is 424. The number of nitrogens with one attached hydrogen (secondary N) is 1. The lowest BCUT2D eigenvalue weighted by atomic mass is 10.2. The maximum atomic E-state index is 5.76. The van der Waals surface area contributed by atoms with Crippen LogP contribution in [-0.2, 0) is 0 Å². The van der Waals surface area contributed by atoms with Gasteiger partial charge in [0.05, 0.1) is 0 Å². The molecule has 1 N–H and O–H groups in total. The molecule has 1 aromatic rings. The van der Waals surface area contributed by atoms with Crippen LogP contribution in [-0.4, -0.2) is 40.2 Å². The zero-order valence-corrected chi connectivity index (χ0v) is 12.2. The van der Waals surface area contributed by atoms with E-state index >= 15 is 0 Å². The first kappa shape index (κ1) is 13.8. The van der Waals surface area contributed by atoms with Crippen molar-refractivity contribution in [3.8, 4) is 6.01 Å². The zero-order valence-electron chi connectivity index (χ0n) is 12.2. The van der Waals surface area contributed by atoms with Crippen LogP contribution in [0.25, 0.3) is 0 Å². The van der Waals surface area contributed by atoms with Gasteiger partial charge in [-0.2, -0.15) is 15.0 Å². The van der Waals surface area contributed by atoms with Crippen LogP contribution in [0.15, 0.2) is 0 Å². The highest BCUT2D eigenvalue weighted by Gasteiger charge is 2.20. The van der Waals surface area contributed by atoms with E-state index in [1.54, 1.807) is 0 Å². The largest absolute Gasteiger partial charge is 0.458 e. The van der Waals surface area contributed by atoms with Crippen molar-refractivity contribution in [2.75, 3.05) is 29.9 Å². The Balaban J connectivity index is 2.26. The molecule has 6 nitrogen and oxygen atoms in total. The first-order valence-electron chi connectivity index (χ1n) is 6.92. The third-order valence-electron chi connectivity index (χ3n) is 2.72. The van der Waals surface area contributed by atoms with E-state index < -0.39 is 0 Å². The lowest BCUT2D eigenvalue weighted by Crippen LogP contribution is -2.26. The van der Waals surface area contributed by atoms with E-state index in [4.69, 9.17) is 4.74 Å². The van der Waals surface area contributed by atoms with Gasteiger partial charge in [-0.3, -0.25) is 0 Å². The third kappa shape index (κ3) is 3.94. The molecule has 1 aromatic heterocycles. The van der Waals surface area contributed by atoms with Gasteiger partial charge in [0.25, 0.3) is 0 Å². The van der Waals surface area contributed by atoms with Crippen LogP contribution < -0.4 is 15.0 Å². The molecule has 0 radical (unpaired) electrons. The highest BCUT2D eigenvalue weighted by molar-refractivity contribution is 5.39. The molecule has 0 aliphatic carbocycles. The van der Waals surface area contributed by atoms with Crippen molar-refractivity contribution in [1.29, 1.82) is 0 Å². The van der Waals surface area contributed by atoms with Gasteiger partial charge in [0.1, 0.15) is 5.60 Å². The van der Waals surface area contributed by atoms with Gasteiger partial charge in [0.2, 0.25) is 11.9 Å². The molecule has 106 valence electrons. The predicted octanol–water partition coefficient (Wildman–Crippen LogP) is 2.08. The van der Waals surface area contributed by atoms with Crippen LogP contribution in [0.3, 0.4) is 0 Å². The van der Waals surface area contributed by atoms with E-state index in [1.165, 1.54) is 12.8 Å². The molecule has 0 amide bonds. The van der Waals surface area contributed by atoms with Gasteiger partial charge in [-0.15, -0.1) is 0 Å². The molecule has 2 rings (SSSR count). The molecule has 1 saturated heterocycles. The summed E-state index contributed by atoms with van der Waals surface area (Å²) in [4.78, 5) is 15.3. The number of ether oxygens (including phenoxy) is 1. The second kappa shape index (κ2) is 5.59. The fourth-order valence-electron chi connectivity index (χ4n) is 1.96. The summed E-state index contributed by atoms with van der Waals surface area (Å²) in [5, 5.41) is 3.13. The second-order valence-corrected chi connectivity index (χ2v) is 5.68. The summed E-state index contributed by atoms with van der Waals surface area (Å²) in [7, 11) is 0. The summed E-state index contributed by atoms with van der Waals surface area (Å²) in [6, 6.07) is 0.389. The standard InChI is InChI=1S/C13H23N5O/c1-5-14-10-15-11(18-8-6-7-9-18)17-12(16-10)19-13(2,3)4/h5-9H2,1-4H3,(H,14,15,16,17). The summed E-state index contributed by atoms with van der Waals surface area (Å²) >= 11 is 0. The molecule has 0 spiro atoms. The van der Waals surface area contributed by atoms with Gasteiger partial charge in [-0.1, -0.05) is 0 Å². The van der Waals surface area contributed by atoms with E-state index in [2.05, 4.69) is 25.2 Å². The van der Waals surface area contributed by atoms with Crippen LogP contribution in [0.1, 0.15) is 40.5 Å². The fraction of sp³-hybridized carbons (Fsp3) is 0.769. The monoisotopic (exact) mass is 265 g/mol. The van der Waals surface area contributed by atoms with Crippen LogP contribution in [0, 0.1) is 0 Å². The summed E-state index contributed by atoms with van der Waals surface area (Å²) in [5.41, 5.74) is -0.312. The quantitative estimate of drug-likeness (QED) is 0.899. The maximum Gasteiger partial charge on any atom is 0.323 e. The van der Waals surface area contributed by atoms with Crippen LogP contribution in [0.2, 0.25) is 0 Å². The Morgan fingerprint density at radius 2 is 1.84 bits per heavy atom. The number of hydrogen-bond donors (Lipinski definition) is 1. The van der Waals surface area contributed by atoms with Crippen molar-refractivity contribution < 1.29 is 4.74 Å². The van der Waals surface area contributed by atoms with Crippen LogP contribution in [0.4, 0.5) is 11.9 Å². The van der Waals surface area contributed by atoms with Gasteiger partial charge < -0.3 is 15.0 Å². The molecular formula is C13H23N5O. The van der Waals surface area contributed by atoms with Crippen molar-refractivity contribution in [2.45, 2.75) is 46.1 Å². The maximum absolute atomic E-state index is 5.76. The minimum absolute atomic E-state index is 0.312. The molecule has 0 aromatic carbocycles. The average molecular weight is 265 g/mol. The molecule has 1 fully saturated rings. The number of aromatic nitrogens is 3. The third-order valence-corrected chi connectivity index (χ3v) is 2.72. The molecule has 0 bridgehead atoms. The minimum Gasteiger partial charge on any atom is -0.458 e. The highest BCUT2D eigenvalue weighted by atomic mass is 16.5. The Morgan fingerprint density at radius 1 is 1.16 bits per heavy atom. The summed E-state index contributed by atoms with van der Waals surface area (Å²) in [5.74, 6) is 1.29. The van der Waals surface area contributed by atoms with E-state index in [0.717, 1.165) is 19.6 Å². The van der Waals surface area contributed by atoms with Crippen LogP contribution in [0.5, 0.6) is 6.01 Å². The number of hydrogen-bond acceptors (Lipinski definition) is 6. The number of nitrogens with zero attached hydrogens (tertiary/aromatic N) is 4. The smallest absolute Gasteiger partial charge is 0.323 e. The van der Waals surface area contributed by atoms with Gasteiger partial charge in [-0.05, 0) is 40.5 Å². The van der Waals surface area contributed by atoms with Gasteiger partial charge >= 0.3 is 6.01 Å². The van der Waals surface area contributed by atoms with E-state index in [9.17, 15) is 0 Å². The first-order valence-corrected chi connectivity index (χ1v) is 6.92. The van der Waals surface area contributed by atoms with Gasteiger partial charge in [0, 0.05) is 19.6 Å². The highest BCUT2D eigenvalue weighted by Crippen LogP contribution is 2.21. The fourth-order valence-corrected chi connectivity index (χ4v) is 1.96. The molecule has 2 heterocycles. The second-order valence-electron chi connectivity index (χ2n) is 5.68. The SMILES string of the molecule is CCNc1nc(OC(C)(C)C)nc(N2CCCC2)n1. The Hall–Kier alpha value is -1.59. The van der Waals surface area contributed by atoms with Crippen molar-refractivity contribution in [3.63, 3.8) is 0 Å². The van der Waals surface area contributed by atoms with Crippen molar-refractivity contribution in [3.05, 3.63) is 0 Å². The normalized spacial score (nSPS) is 15.7. The van der Waals surface area contributed by atoms with E-state index in [-0.39, 0.29) is 5.60 Å². The summed E-state index contributed by atoms with van der Waals surface area (Å²) in [6.07, 6.45) is 2.38.